The lowest BCUT2D eigenvalue weighted by atomic mass is 9.98. The van der Waals surface area contributed by atoms with Gasteiger partial charge >= 0.3 is 0 Å². The van der Waals surface area contributed by atoms with Crippen LogP contribution in [-0.4, -0.2) is 33.1 Å². The molecule has 1 aliphatic rings. The molecule has 0 saturated carbocycles. The number of hydrogen-bond acceptors (Lipinski definition) is 5. The Morgan fingerprint density at radius 2 is 1.30 bits per heavy atom. The molecule has 2 aromatic carbocycles. The molecule has 23 heavy (non-hydrogen) atoms. The summed E-state index contributed by atoms with van der Waals surface area (Å²) < 4.78 is 49.7. The molecular weight excluding hydrogens is 336 g/mol. The van der Waals surface area contributed by atoms with Crippen LogP contribution in [0.4, 0.5) is 0 Å². The van der Waals surface area contributed by atoms with Crippen LogP contribution < -0.4 is 0 Å². The highest BCUT2D eigenvalue weighted by atomic mass is 32.3. The van der Waals surface area contributed by atoms with Crippen LogP contribution in [0.15, 0.2) is 64.4 Å². The smallest absolute Gasteiger partial charge is 0.197 e. The molecule has 0 aromatic heterocycles. The van der Waals surface area contributed by atoms with E-state index in [1.54, 1.807) is 30.3 Å². The predicted molar refractivity (Wildman–Crippen MR) is 85.5 cm³/mol. The number of rotatable bonds is 4. The molecule has 0 fully saturated rings. The average molecular weight is 352 g/mol. The van der Waals surface area contributed by atoms with E-state index in [4.69, 9.17) is 0 Å². The van der Waals surface area contributed by atoms with Crippen LogP contribution in [0.25, 0.3) is 0 Å². The van der Waals surface area contributed by atoms with Crippen LogP contribution in [0.1, 0.15) is 17.9 Å². The van der Waals surface area contributed by atoms with E-state index in [2.05, 4.69) is 0 Å². The van der Waals surface area contributed by atoms with Gasteiger partial charge < -0.3 is 5.11 Å². The Labute approximate surface area is 135 Å². The first-order chi connectivity index (χ1) is 10.9. The second-order valence-electron chi connectivity index (χ2n) is 5.43. The molecule has 5 nitrogen and oxygen atoms in total. The van der Waals surface area contributed by atoms with Gasteiger partial charge in [-0.2, -0.15) is 0 Å². The zero-order valence-electron chi connectivity index (χ0n) is 12.2. The minimum Gasteiger partial charge on any atom is -0.396 e. The molecular formula is C16H16O5S2. The maximum atomic E-state index is 12.8. The van der Waals surface area contributed by atoms with E-state index in [0.29, 0.717) is 5.56 Å². The van der Waals surface area contributed by atoms with Gasteiger partial charge in [0.15, 0.2) is 24.3 Å². The van der Waals surface area contributed by atoms with E-state index in [1.807, 2.05) is 0 Å². The van der Waals surface area contributed by atoms with E-state index in [0.717, 1.165) is 0 Å². The van der Waals surface area contributed by atoms with Crippen molar-refractivity contribution in [2.75, 3.05) is 6.61 Å². The minimum absolute atomic E-state index is 0.0567. The zero-order valence-corrected chi connectivity index (χ0v) is 13.8. The molecule has 0 unspecified atom stereocenters. The Morgan fingerprint density at radius 1 is 0.826 bits per heavy atom. The monoisotopic (exact) mass is 352 g/mol. The summed E-state index contributed by atoms with van der Waals surface area (Å²) >= 11 is 0. The summed E-state index contributed by atoms with van der Waals surface area (Å²) in [7, 11) is -8.05. The molecule has 0 spiro atoms. The zero-order chi connectivity index (χ0) is 16.7. The lowest BCUT2D eigenvalue weighted by molar-refractivity contribution is 0.277. The van der Waals surface area contributed by atoms with Crippen LogP contribution in [0.2, 0.25) is 0 Å². The molecule has 0 amide bonds. The molecule has 122 valence electrons. The van der Waals surface area contributed by atoms with Crippen LogP contribution in [-0.2, 0) is 19.7 Å². The van der Waals surface area contributed by atoms with Crippen molar-refractivity contribution in [3.05, 3.63) is 60.2 Å². The number of sulfone groups is 2. The third-order valence-electron chi connectivity index (χ3n) is 4.07. The van der Waals surface area contributed by atoms with Gasteiger partial charge in [0.1, 0.15) is 0 Å². The largest absolute Gasteiger partial charge is 0.396 e. The molecule has 0 radical (unpaired) electrons. The van der Waals surface area contributed by atoms with Crippen molar-refractivity contribution in [3.8, 4) is 0 Å². The fourth-order valence-corrected chi connectivity index (χ4v) is 8.91. The highest BCUT2D eigenvalue weighted by Gasteiger charge is 2.53. The molecule has 0 aliphatic carbocycles. The molecule has 2 aromatic rings. The van der Waals surface area contributed by atoms with Crippen molar-refractivity contribution in [3.63, 3.8) is 0 Å². The van der Waals surface area contributed by atoms with Crippen molar-refractivity contribution in [1.82, 2.24) is 0 Å². The molecule has 0 saturated heterocycles. The van der Waals surface area contributed by atoms with Crippen molar-refractivity contribution in [1.29, 1.82) is 0 Å². The Kier molecular flexibility index (Phi) is 4.03. The van der Waals surface area contributed by atoms with Gasteiger partial charge in [-0.3, -0.25) is 0 Å². The summed E-state index contributed by atoms with van der Waals surface area (Å²) in [5, 5.41) is 9.33. The van der Waals surface area contributed by atoms with Gasteiger partial charge in [-0.1, -0.05) is 42.5 Å². The van der Waals surface area contributed by atoms with Crippen LogP contribution >= 0.6 is 0 Å². The summed E-state index contributed by atoms with van der Waals surface area (Å²) in [4.78, 5) is -0.298. The van der Waals surface area contributed by atoms with Gasteiger partial charge in [0, 0.05) is 12.5 Å². The lowest BCUT2D eigenvalue weighted by Gasteiger charge is -2.22. The van der Waals surface area contributed by atoms with Crippen LogP contribution in [0.3, 0.4) is 0 Å². The maximum absolute atomic E-state index is 12.8. The molecule has 1 aliphatic heterocycles. The highest BCUT2D eigenvalue weighted by Crippen LogP contribution is 2.45. The van der Waals surface area contributed by atoms with E-state index in [-0.39, 0.29) is 22.8 Å². The highest BCUT2D eigenvalue weighted by molar-refractivity contribution is 8.11. The van der Waals surface area contributed by atoms with E-state index < -0.39 is 30.2 Å². The maximum Gasteiger partial charge on any atom is 0.197 e. The van der Waals surface area contributed by atoms with E-state index in [1.165, 1.54) is 24.3 Å². The first kappa shape index (κ1) is 16.2. The first-order valence-electron chi connectivity index (χ1n) is 7.13. The van der Waals surface area contributed by atoms with Crippen molar-refractivity contribution in [2.24, 2.45) is 0 Å². The summed E-state index contributed by atoms with van der Waals surface area (Å²) in [6.07, 6.45) is 0.0567. The predicted octanol–water partition coefficient (Wildman–Crippen LogP) is 1.74. The standard InChI is InChI=1S/C16H16O5S2/c17-11-10-13(12-6-2-1-3-7-12)16-22(18,19)14-8-4-5-9-15(14)23(16,20)21/h1-9,13,16-17H,10-11H2/t13-/m0/s1. The molecule has 3 rings (SSSR count). The minimum atomic E-state index is -4.02. The van der Waals surface area contributed by atoms with Crippen LogP contribution in [0, 0.1) is 0 Å². The van der Waals surface area contributed by atoms with Crippen molar-refractivity contribution < 1.29 is 21.9 Å². The molecule has 1 N–H and O–H groups in total. The van der Waals surface area contributed by atoms with Crippen molar-refractivity contribution >= 4 is 19.7 Å². The molecule has 1 heterocycles. The molecule has 1 atom stereocenters. The molecule has 0 bridgehead atoms. The fourth-order valence-electron chi connectivity index (χ4n) is 3.07. The number of hydrogen-bond donors (Lipinski definition) is 1. The van der Waals surface area contributed by atoms with Crippen LogP contribution in [0.5, 0.6) is 0 Å². The molecule has 7 heteroatoms. The van der Waals surface area contributed by atoms with E-state index >= 15 is 0 Å². The normalized spacial score (nSPS) is 20.0. The van der Waals surface area contributed by atoms with Gasteiger partial charge in [0.05, 0.1) is 9.79 Å². The van der Waals surface area contributed by atoms with Gasteiger partial charge in [-0.15, -0.1) is 0 Å². The van der Waals surface area contributed by atoms with E-state index in [9.17, 15) is 21.9 Å². The Bertz CT molecular complexity index is 865. The number of fused-ring (bicyclic) bond motifs is 1. The quantitative estimate of drug-likeness (QED) is 0.905. The summed E-state index contributed by atoms with van der Waals surface area (Å²) in [6.45, 7) is -0.294. The van der Waals surface area contributed by atoms with Gasteiger partial charge in [0.2, 0.25) is 0 Å². The third kappa shape index (κ3) is 2.49. The average Bonchev–Trinajstić information content (AvgIpc) is 2.70. The van der Waals surface area contributed by atoms with Gasteiger partial charge in [-0.05, 0) is 24.1 Å². The first-order valence-corrected chi connectivity index (χ1v) is 10.2. The summed E-state index contributed by atoms with van der Waals surface area (Å²) in [5.41, 5.74) is 0.589. The summed E-state index contributed by atoms with van der Waals surface area (Å²) in [5.74, 6) is -0.816. The number of aliphatic hydroxyl groups excluding tert-OH is 1. The third-order valence-corrected chi connectivity index (χ3v) is 9.54. The summed E-state index contributed by atoms with van der Waals surface area (Å²) in [6, 6.07) is 14.3. The van der Waals surface area contributed by atoms with Gasteiger partial charge in [0.25, 0.3) is 0 Å². The lowest BCUT2D eigenvalue weighted by Crippen LogP contribution is -2.31. The second kappa shape index (κ2) is 5.74. The topological polar surface area (TPSA) is 88.5 Å². The second-order valence-corrected chi connectivity index (χ2v) is 9.81. The SMILES string of the molecule is O=S1(=O)c2ccccc2S(=O)(=O)C1[C@@H](CCO)c1ccccc1. The Balaban J connectivity index is 2.23. The van der Waals surface area contributed by atoms with Gasteiger partial charge in [-0.25, -0.2) is 16.8 Å². The Hall–Kier alpha value is -1.70. The fraction of sp³-hybridized carbons (Fsp3) is 0.250. The van der Waals surface area contributed by atoms with Crippen molar-refractivity contribution in [2.45, 2.75) is 26.7 Å². The number of benzene rings is 2. The Morgan fingerprint density at radius 3 is 1.78 bits per heavy atom. The number of aliphatic hydroxyl groups is 1.